The van der Waals surface area contributed by atoms with Gasteiger partial charge in [0.1, 0.15) is 11.2 Å². The summed E-state index contributed by atoms with van der Waals surface area (Å²) >= 11 is 0. The van der Waals surface area contributed by atoms with Gasteiger partial charge >= 0.3 is 0 Å². The van der Waals surface area contributed by atoms with E-state index in [9.17, 15) is 0 Å². The lowest BCUT2D eigenvalue weighted by Crippen LogP contribution is -2.07. The van der Waals surface area contributed by atoms with Crippen molar-refractivity contribution in [2.45, 2.75) is 0 Å². The van der Waals surface area contributed by atoms with Crippen molar-refractivity contribution in [1.82, 2.24) is 19.5 Å². The van der Waals surface area contributed by atoms with E-state index in [1.54, 1.807) is 0 Å². The number of benzene rings is 7. The molecule has 0 unspecified atom stereocenters. The monoisotopic (exact) mass is 640 g/mol. The molecular formula is C45H28N4O. The predicted octanol–water partition coefficient (Wildman–Crippen LogP) is 11.5. The van der Waals surface area contributed by atoms with Crippen LogP contribution in [-0.4, -0.2) is 19.5 Å². The predicted molar refractivity (Wildman–Crippen MR) is 203 cm³/mol. The molecule has 50 heavy (non-hydrogen) atoms. The van der Waals surface area contributed by atoms with Crippen LogP contribution in [0.5, 0.6) is 0 Å². The largest absolute Gasteiger partial charge is 0.455 e. The summed E-state index contributed by atoms with van der Waals surface area (Å²) in [7, 11) is 0. The Morgan fingerprint density at radius 3 is 1.68 bits per heavy atom. The Labute approximate surface area is 287 Å². The molecule has 10 rings (SSSR count). The Balaban J connectivity index is 1.31. The summed E-state index contributed by atoms with van der Waals surface area (Å²) in [6.45, 7) is 0. The Kier molecular flexibility index (Phi) is 6.42. The summed E-state index contributed by atoms with van der Waals surface area (Å²) in [6.07, 6.45) is 0. The molecule has 5 nitrogen and oxygen atoms in total. The molecule has 0 aliphatic carbocycles. The lowest BCUT2D eigenvalue weighted by molar-refractivity contribution is 0.670. The van der Waals surface area contributed by atoms with Crippen LogP contribution in [0.4, 0.5) is 0 Å². The van der Waals surface area contributed by atoms with Crippen molar-refractivity contribution in [3.05, 3.63) is 170 Å². The molecule has 0 N–H and O–H groups in total. The van der Waals surface area contributed by atoms with E-state index in [2.05, 4.69) is 95.6 Å². The minimum Gasteiger partial charge on any atom is -0.455 e. The third kappa shape index (κ3) is 4.52. The minimum atomic E-state index is 0.564. The molecule has 3 aromatic heterocycles. The third-order valence-corrected chi connectivity index (χ3v) is 9.46. The van der Waals surface area contributed by atoms with Crippen LogP contribution in [0.15, 0.2) is 174 Å². The van der Waals surface area contributed by atoms with Gasteiger partial charge in [-0.3, -0.25) is 4.57 Å². The quantitative estimate of drug-likeness (QED) is 0.188. The molecule has 0 aliphatic heterocycles. The second-order valence-corrected chi connectivity index (χ2v) is 12.4. The topological polar surface area (TPSA) is 56.7 Å². The number of furan rings is 1. The maximum Gasteiger partial charge on any atom is 0.238 e. The maximum absolute atomic E-state index is 6.54. The number of hydrogen-bond acceptors (Lipinski definition) is 4. The molecule has 5 heteroatoms. The summed E-state index contributed by atoms with van der Waals surface area (Å²) in [4.78, 5) is 15.3. The van der Waals surface area contributed by atoms with Crippen molar-refractivity contribution in [3.8, 4) is 51.0 Å². The fraction of sp³-hybridized carbons (Fsp3) is 0. The average molecular weight is 641 g/mol. The number of para-hydroxylation sites is 3. The SMILES string of the molecule is c1ccc(-c2nc(-c3ccccc3)nc(-n3c4ccccc4c4cccc(-c5cc(-c6ccccc6)c6oc7ccccc7c6c5)c43)n2)cc1. The molecule has 0 saturated heterocycles. The first-order valence-electron chi connectivity index (χ1n) is 16.7. The molecule has 3 heterocycles. The Bertz CT molecular complexity index is 2800. The van der Waals surface area contributed by atoms with Crippen LogP contribution < -0.4 is 0 Å². The van der Waals surface area contributed by atoms with Gasteiger partial charge in [0.2, 0.25) is 5.95 Å². The van der Waals surface area contributed by atoms with Gasteiger partial charge in [-0.05, 0) is 35.4 Å². The lowest BCUT2D eigenvalue weighted by Gasteiger charge is -2.14. The Morgan fingerprint density at radius 1 is 0.400 bits per heavy atom. The highest BCUT2D eigenvalue weighted by Gasteiger charge is 2.22. The van der Waals surface area contributed by atoms with Crippen molar-refractivity contribution in [3.63, 3.8) is 0 Å². The van der Waals surface area contributed by atoms with E-state index < -0.39 is 0 Å². The molecule has 0 saturated carbocycles. The van der Waals surface area contributed by atoms with E-state index in [1.165, 1.54) is 0 Å². The van der Waals surface area contributed by atoms with E-state index >= 15 is 0 Å². The summed E-state index contributed by atoms with van der Waals surface area (Å²) < 4.78 is 8.74. The van der Waals surface area contributed by atoms with Crippen LogP contribution >= 0.6 is 0 Å². The van der Waals surface area contributed by atoms with Crippen molar-refractivity contribution in [2.24, 2.45) is 0 Å². The lowest BCUT2D eigenvalue weighted by atomic mass is 9.94. The number of rotatable bonds is 5. The summed E-state index contributed by atoms with van der Waals surface area (Å²) in [5.74, 6) is 1.81. The van der Waals surface area contributed by atoms with E-state index in [4.69, 9.17) is 19.4 Å². The molecule has 0 radical (unpaired) electrons. The highest BCUT2D eigenvalue weighted by Crippen LogP contribution is 2.43. The first-order valence-corrected chi connectivity index (χ1v) is 16.7. The molecule has 0 bridgehead atoms. The van der Waals surface area contributed by atoms with Crippen molar-refractivity contribution in [2.75, 3.05) is 0 Å². The number of nitrogens with zero attached hydrogens (tertiary/aromatic N) is 4. The second-order valence-electron chi connectivity index (χ2n) is 12.4. The third-order valence-electron chi connectivity index (χ3n) is 9.46. The minimum absolute atomic E-state index is 0.564. The normalized spacial score (nSPS) is 11.6. The first-order chi connectivity index (χ1) is 24.8. The molecule has 0 amide bonds. The standard InChI is InChI=1S/C45H28N4O/c1-4-15-29(16-5-1)37-27-32(28-38-35-22-11-13-26-40(35)50-42(37)38)33-23-14-24-36-34-21-10-12-25-39(34)49(41(33)36)45-47-43(30-17-6-2-7-18-30)46-44(48-45)31-19-8-3-9-20-31/h1-28H. The van der Waals surface area contributed by atoms with Gasteiger partial charge < -0.3 is 4.42 Å². The Morgan fingerprint density at radius 2 is 0.980 bits per heavy atom. The summed E-state index contributed by atoms with van der Waals surface area (Å²) in [5.41, 5.74) is 9.97. The molecule has 0 aliphatic rings. The zero-order chi connectivity index (χ0) is 33.0. The van der Waals surface area contributed by atoms with Crippen LogP contribution in [-0.2, 0) is 0 Å². The van der Waals surface area contributed by atoms with Gasteiger partial charge in [0.15, 0.2) is 11.6 Å². The molecular weight excluding hydrogens is 613 g/mol. The summed E-state index contributed by atoms with van der Waals surface area (Å²) in [5, 5.41) is 4.42. The van der Waals surface area contributed by atoms with Crippen LogP contribution in [0.3, 0.4) is 0 Å². The van der Waals surface area contributed by atoms with Crippen LogP contribution in [0.2, 0.25) is 0 Å². The smallest absolute Gasteiger partial charge is 0.238 e. The number of fused-ring (bicyclic) bond motifs is 6. The van der Waals surface area contributed by atoms with E-state index in [1.807, 2.05) is 78.9 Å². The van der Waals surface area contributed by atoms with E-state index in [0.717, 1.165) is 77.1 Å². The van der Waals surface area contributed by atoms with Crippen LogP contribution in [0, 0.1) is 0 Å². The fourth-order valence-corrected chi connectivity index (χ4v) is 7.17. The molecule has 10 aromatic rings. The molecule has 0 atom stereocenters. The van der Waals surface area contributed by atoms with Gasteiger partial charge in [-0.25, -0.2) is 4.98 Å². The van der Waals surface area contributed by atoms with E-state index in [-0.39, 0.29) is 0 Å². The van der Waals surface area contributed by atoms with Gasteiger partial charge in [-0.2, -0.15) is 9.97 Å². The van der Waals surface area contributed by atoms with Gasteiger partial charge in [-0.15, -0.1) is 0 Å². The van der Waals surface area contributed by atoms with Gasteiger partial charge in [0, 0.05) is 43.8 Å². The van der Waals surface area contributed by atoms with Crippen molar-refractivity contribution in [1.29, 1.82) is 0 Å². The first kappa shape index (κ1) is 28.2. The van der Waals surface area contributed by atoms with Gasteiger partial charge in [0.25, 0.3) is 0 Å². The van der Waals surface area contributed by atoms with E-state index in [0.29, 0.717) is 17.6 Å². The van der Waals surface area contributed by atoms with Crippen molar-refractivity contribution >= 4 is 43.7 Å². The zero-order valence-electron chi connectivity index (χ0n) is 26.9. The summed E-state index contributed by atoms with van der Waals surface area (Å²) in [6, 6.07) is 58.5. The van der Waals surface area contributed by atoms with Crippen LogP contribution in [0.25, 0.3) is 94.7 Å². The highest BCUT2D eigenvalue weighted by atomic mass is 16.3. The Hall–Kier alpha value is -6.85. The average Bonchev–Trinajstić information content (AvgIpc) is 3.74. The molecule has 0 spiro atoms. The highest BCUT2D eigenvalue weighted by molar-refractivity contribution is 6.16. The van der Waals surface area contributed by atoms with Gasteiger partial charge in [0.05, 0.1) is 11.0 Å². The number of aromatic nitrogens is 4. The number of hydrogen-bond donors (Lipinski definition) is 0. The second kappa shape index (κ2) is 11.4. The fourth-order valence-electron chi connectivity index (χ4n) is 7.17. The van der Waals surface area contributed by atoms with Crippen LogP contribution in [0.1, 0.15) is 0 Å². The van der Waals surface area contributed by atoms with Gasteiger partial charge in [-0.1, -0.05) is 146 Å². The molecule has 7 aromatic carbocycles. The zero-order valence-corrected chi connectivity index (χ0v) is 26.9. The van der Waals surface area contributed by atoms with Crippen molar-refractivity contribution < 1.29 is 4.42 Å². The molecule has 234 valence electrons. The molecule has 0 fully saturated rings. The maximum atomic E-state index is 6.54.